The molecule has 1 aromatic carbocycles. The molecule has 1 aliphatic heterocycles. The first-order valence-electron chi connectivity index (χ1n) is 13.1. The van der Waals surface area contributed by atoms with Crippen LogP contribution in [0.15, 0.2) is 59.6 Å². The van der Waals surface area contributed by atoms with Gasteiger partial charge in [0.25, 0.3) is 0 Å². The molecule has 2 fully saturated rings. The fraction of sp³-hybridized carbons (Fsp3) is 0.483. The molecule has 1 saturated heterocycles. The predicted molar refractivity (Wildman–Crippen MR) is 143 cm³/mol. The van der Waals surface area contributed by atoms with Crippen LogP contribution in [0.2, 0.25) is 0 Å². The molecule has 0 spiro atoms. The third-order valence-corrected chi connectivity index (χ3v) is 9.18. The number of aliphatic hydroxyl groups excluding tert-OH is 1. The van der Waals surface area contributed by atoms with E-state index in [9.17, 15) is 4.21 Å². The van der Waals surface area contributed by atoms with Gasteiger partial charge in [-0.1, -0.05) is 18.2 Å². The van der Waals surface area contributed by atoms with E-state index in [4.69, 9.17) is 14.8 Å². The second-order valence-corrected chi connectivity index (χ2v) is 12.0. The molecule has 0 radical (unpaired) electrons. The van der Waals surface area contributed by atoms with Crippen molar-refractivity contribution in [2.24, 2.45) is 5.92 Å². The second-order valence-electron chi connectivity index (χ2n) is 10.3. The molecule has 1 saturated carbocycles. The molecule has 192 valence electrons. The molecule has 2 aliphatic rings. The number of rotatable bonds is 11. The van der Waals surface area contributed by atoms with Gasteiger partial charge in [-0.2, -0.15) is 0 Å². The van der Waals surface area contributed by atoms with Gasteiger partial charge in [0.05, 0.1) is 28.8 Å². The van der Waals surface area contributed by atoms with E-state index in [0.29, 0.717) is 17.7 Å². The maximum Gasteiger partial charge on any atom is 0.0864 e. The number of ether oxygens (including phenoxy) is 1. The molecule has 2 aromatic heterocycles. The number of nitrogens with one attached hydrogen (secondary N) is 1. The van der Waals surface area contributed by atoms with E-state index in [0.717, 1.165) is 73.7 Å². The summed E-state index contributed by atoms with van der Waals surface area (Å²) in [7, 11) is 1.12. The van der Waals surface area contributed by atoms with Crippen LogP contribution in [-0.2, 0) is 22.1 Å². The summed E-state index contributed by atoms with van der Waals surface area (Å²) in [4.78, 5) is 11.4. The van der Waals surface area contributed by atoms with Gasteiger partial charge in [-0.05, 0) is 86.5 Å². The van der Waals surface area contributed by atoms with Crippen molar-refractivity contribution in [1.82, 2.24) is 14.9 Å². The summed E-state index contributed by atoms with van der Waals surface area (Å²) >= 11 is 0. The first-order valence-corrected chi connectivity index (χ1v) is 14.3. The molecular weight excluding hydrogens is 470 g/mol. The molecule has 1 aliphatic carbocycles. The van der Waals surface area contributed by atoms with Crippen molar-refractivity contribution in [2.75, 3.05) is 33.4 Å². The summed E-state index contributed by atoms with van der Waals surface area (Å²) in [5.74, 6) is 0.876. The number of pyridine rings is 1. The van der Waals surface area contributed by atoms with Crippen molar-refractivity contribution in [1.29, 1.82) is 0 Å². The number of aromatic nitrogens is 2. The molecule has 2 N–H and O–H groups in total. The van der Waals surface area contributed by atoms with Crippen LogP contribution in [0.5, 0.6) is 0 Å². The number of aliphatic hydroxyl groups is 1. The molecule has 0 bridgehead atoms. The zero-order valence-electron chi connectivity index (χ0n) is 21.1. The van der Waals surface area contributed by atoms with Gasteiger partial charge in [0.15, 0.2) is 0 Å². The molecular formula is C29H37N3O3S. The van der Waals surface area contributed by atoms with Crippen LogP contribution in [-0.4, -0.2) is 62.8 Å². The Morgan fingerprint density at radius 2 is 1.86 bits per heavy atom. The summed E-state index contributed by atoms with van der Waals surface area (Å²) in [5, 5.41) is 9.48. The Hall–Kier alpha value is -2.32. The SMILES string of the molecule is CN(CCO)Cc1ccc(-c2ccc(C(CC3CCOCC3)c3ccc(S(=O)C4CC4)cc3)[nH]2)nc1. The minimum Gasteiger partial charge on any atom is -0.395 e. The Kier molecular flexibility index (Phi) is 8.32. The summed E-state index contributed by atoms with van der Waals surface area (Å²) in [5.41, 5.74) is 5.53. The van der Waals surface area contributed by atoms with E-state index in [1.165, 1.54) is 11.3 Å². The maximum atomic E-state index is 12.6. The molecule has 5 rings (SSSR count). The smallest absolute Gasteiger partial charge is 0.0864 e. The highest BCUT2D eigenvalue weighted by Crippen LogP contribution is 2.36. The first-order chi connectivity index (χ1) is 17.6. The Morgan fingerprint density at radius 3 is 2.53 bits per heavy atom. The minimum atomic E-state index is -0.872. The number of likely N-dealkylation sites (N-methyl/N-ethyl adjacent to an activating group) is 1. The number of hydrogen-bond donors (Lipinski definition) is 2. The van der Waals surface area contributed by atoms with Crippen LogP contribution in [0.25, 0.3) is 11.4 Å². The lowest BCUT2D eigenvalue weighted by Crippen LogP contribution is -2.21. The minimum absolute atomic E-state index is 0.156. The fourth-order valence-corrected chi connectivity index (χ4v) is 6.42. The second kappa shape index (κ2) is 11.8. The van der Waals surface area contributed by atoms with Gasteiger partial charge in [-0.15, -0.1) is 0 Å². The van der Waals surface area contributed by atoms with Crippen molar-refractivity contribution < 1.29 is 14.1 Å². The molecule has 2 unspecified atom stereocenters. The number of H-pyrrole nitrogens is 1. The largest absolute Gasteiger partial charge is 0.395 e. The Balaban J connectivity index is 1.35. The first kappa shape index (κ1) is 25.3. The van der Waals surface area contributed by atoms with E-state index < -0.39 is 10.8 Å². The van der Waals surface area contributed by atoms with Crippen LogP contribution in [0.4, 0.5) is 0 Å². The van der Waals surface area contributed by atoms with Crippen LogP contribution in [0.3, 0.4) is 0 Å². The lowest BCUT2D eigenvalue weighted by Gasteiger charge is -2.27. The van der Waals surface area contributed by atoms with Gasteiger partial charge in [0, 0.05) is 54.3 Å². The summed E-state index contributed by atoms with van der Waals surface area (Å²) < 4.78 is 18.2. The fourth-order valence-electron chi connectivity index (χ4n) is 5.07. The summed E-state index contributed by atoms with van der Waals surface area (Å²) in [6.07, 6.45) is 7.35. The van der Waals surface area contributed by atoms with E-state index in [1.54, 1.807) is 0 Å². The zero-order chi connectivity index (χ0) is 24.9. The number of hydrogen-bond acceptors (Lipinski definition) is 5. The van der Waals surface area contributed by atoms with Crippen molar-refractivity contribution in [3.63, 3.8) is 0 Å². The number of benzene rings is 1. The highest BCUT2D eigenvalue weighted by Gasteiger charge is 2.29. The van der Waals surface area contributed by atoms with E-state index in [2.05, 4.69) is 58.4 Å². The molecule has 36 heavy (non-hydrogen) atoms. The molecule has 7 heteroatoms. The highest BCUT2D eigenvalue weighted by molar-refractivity contribution is 7.86. The Morgan fingerprint density at radius 1 is 1.08 bits per heavy atom. The summed E-state index contributed by atoms with van der Waals surface area (Å²) in [6.45, 7) is 3.25. The third-order valence-electron chi connectivity index (χ3n) is 7.37. The van der Waals surface area contributed by atoms with Crippen LogP contribution < -0.4 is 0 Å². The Labute approximate surface area is 216 Å². The lowest BCUT2D eigenvalue weighted by molar-refractivity contribution is 0.0626. The van der Waals surface area contributed by atoms with Crippen molar-refractivity contribution in [2.45, 2.75) is 54.7 Å². The topological polar surface area (TPSA) is 78.5 Å². The molecule has 3 heterocycles. The van der Waals surface area contributed by atoms with Gasteiger partial charge in [-0.3, -0.25) is 14.1 Å². The van der Waals surface area contributed by atoms with Crippen molar-refractivity contribution in [3.05, 3.63) is 71.5 Å². The predicted octanol–water partition coefficient (Wildman–Crippen LogP) is 4.72. The highest BCUT2D eigenvalue weighted by atomic mass is 32.2. The molecule has 0 amide bonds. The van der Waals surface area contributed by atoms with E-state index in [-0.39, 0.29) is 12.5 Å². The van der Waals surface area contributed by atoms with Crippen LogP contribution >= 0.6 is 0 Å². The maximum absolute atomic E-state index is 12.6. The molecule has 6 nitrogen and oxygen atoms in total. The van der Waals surface area contributed by atoms with Crippen LogP contribution in [0.1, 0.15) is 54.8 Å². The van der Waals surface area contributed by atoms with Gasteiger partial charge in [0.2, 0.25) is 0 Å². The lowest BCUT2D eigenvalue weighted by atomic mass is 9.83. The average molecular weight is 508 g/mol. The van der Waals surface area contributed by atoms with Crippen LogP contribution in [0, 0.1) is 5.92 Å². The Bertz CT molecular complexity index is 1140. The monoisotopic (exact) mass is 507 g/mol. The van der Waals surface area contributed by atoms with Crippen molar-refractivity contribution in [3.8, 4) is 11.4 Å². The molecule has 2 atom stereocenters. The van der Waals surface area contributed by atoms with E-state index in [1.807, 2.05) is 13.2 Å². The third kappa shape index (κ3) is 6.32. The summed E-state index contributed by atoms with van der Waals surface area (Å²) in [6, 6.07) is 17.0. The molecule has 3 aromatic rings. The van der Waals surface area contributed by atoms with Gasteiger partial charge in [-0.25, -0.2) is 0 Å². The number of nitrogens with zero attached hydrogens (tertiary/aromatic N) is 2. The number of aromatic amines is 1. The van der Waals surface area contributed by atoms with Gasteiger partial charge < -0.3 is 14.8 Å². The van der Waals surface area contributed by atoms with E-state index >= 15 is 0 Å². The zero-order valence-corrected chi connectivity index (χ0v) is 21.9. The average Bonchev–Trinajstić information content (AvgIpc) is 3.65. The normalized spacial score (nSPS) is 18.4. The van der Waals surface area contributed by atoms with Gasteiger partial charge in [0.1, 0.15) is 0 Å². The van der Waals surface area contributed by atoms with Gasteiger partial charge >= 0.3 is 0 Å². The van der Waals surface area contributed by atoms with Crippen molar-refractivity contribution >= 4 is 10.8 Å². The quantitative estimate of drug-likeness (QED) is 0.393. The standard InChI is InChI=1S/C29H37N3O3S/c1-32(14-15-33)20-22-2-9-28(30-19-22)29-11-10-27(31-29)26(18-21-12-16-35-17-13-21)23-3-5-24(6-4-23)36(34)25-7-8-25/h2-6,9-11,19,21,25-26,31,33H,7-8,12-18,20H2,1H3.